The van der Waals surface area contributed by atoms with Gasteiger partial charge in [0.2, 0.25) is 0 Å². The molecule has 0 fully saturated rings. The van der Waals surface area contributed by atoms with Crippen molar-refractivity contribution >= 4 is 0 Å². The van der Waals surface area contributed by atoms with Gasteiger partial charge < -0.3 is 5.73 Å². The fraction of sp³-hybridized carbons (Fsp3) is 1.00. The minimum absolute atomic E-state index is 0.000926. The zero-order valence-corrected chi connectivity index (χ0v) is 6.70. The summed E-state index contributed by atoms with van der Waals surface area (Å²) in [7, 11) is 0. The Morgan fingerprint density at radius 3 is 1.80 bits per heavy atom. The van der Waals surface area contributed by atoms with Gasteiger partial charge in [0, 0.05) is 6.42 Å². The molecule has 62 valence electrons. The summed E-state index contributed by atoms with van der Waals surface area (Å²) < 4.78 is 25.3. The molecule has 1 nitrogen and oxygen atoms in total. The number of rotatable bonds is 3. The van der Waals surface area contributed by atoms with Crippen LogP contribution >= 0.6 is 0 Å². The maximum atomic E-state index is 12.7. The van der Waals surface area contributed by atoms with Crippen LogP contribution in [0.5, 0.6) is 0 Å². The lowest BCUT2D eigenvalue weighted by molar-refractivity contribution is -0.0381. The fourth-order valence-electron chi connectivity index (χ4n) is 0.730. The molecule has 1 unspecified atom stereocenters. The molecule has 10 heavy (non-hydrogen) atoms. The van der Waals surface area contributed by atoms with Crippen molar-refractivity contribution in [3.63, 3.8) is 0 Å². The van der Waals surface area contributed by atoms with Crippen molar-refractivity contribution in [3.05, 3.63) is 0 Å². The Hall–Kier alpha value is -0.180. The summed E-state index contributed by atoms with van der Waals surface area (Å²) in [6.45, 7) is 4.86. The summed E-state index contributed by atoms with van der Waals surface area (Å²) in [6.07, 6.45) is -0.120. The molecule has 0 amide bonds. The number of hydrogen-bond donors (Lipinski definition) is 1. The first kappa shape index (κ1) is 9.82. The minimum Gasteiger partial charge on any atom is -0.323 e. The summed E-state index contributed by atoms with van der Waals surface area (Å²) in [5.41, 5.74) is 5.07. The van der Waals surface area contributed by atoms with E-state index >= 15 is 0 Å². The molecule has 0 aromatic heterocycles. The van der Waals surface area contributed by atoms with E-state index in [-0.39, 0.29) is 12.3 Å². The van der Waals surface area contributed by atoms with Gasteiger partial charge in [-0.1, -0.05) is 13.8 Å². The van der Waals surface area contributed by atoms with Crippen LogP contribution in [0.2, 0.25) is 0 Å². The number of alkyl halides is 2. The van der Waals surface area contributed by atoms with Crippen molar-refractivity contribution in [1.29, 1.82) is 0 Å². The van der Waals surface area contributed by atoms with Crippen LogP contribution in [-0.4, -0.2) is 12.0 Å². The van der Waals surface area contributed by atoms with Crippen LogP contribution in [0, 0.1) is 5.92 Å². The third-order valence-electron chi connectivity index (χ3n) is 1.35. The van der Waals surface area contributed by atoms with Gasteiger partial charge in [-0.25, -0.2) is 8.78 Å². The van der Waals surface area contributed by atoms with Gasteiger partial charge in [-0.05, 0) is 12.8 Å². The smallest absolute Gasteiger partial charge is 0.262 e. The Labute approximate surface area is 60.6 Å². The van der Waals surface area contributed by atoms with Crippen LogP contribution in [0.3, 0.4) is 0 Å². The van der Waals surface area contributed by atoms with E-state index in [1.807, 2.05) is 0 Å². The van der Waals surface area contributed by atoms with E-state index in [1.54, 1.807) is 13.8 Å². The first-order chi connectivity index (χ1) is 4.36. The maximum Gasteiger partial charge on any atom is 0.262 e. The van der Waals surface area contributed by atoms with Gasteiger partial charge in [0.1, 0.15) is 0 Å². The lowest BCUT2D eigenvalue weighted by atomic mass is 10.0. The number of hydrogen-bond acceptors (Lipinski definition) is 1. The molecule has 0 aliphatic rings. The Balaban J connectivity index is 3.87. The molecule has 0 bridgehead atoms. The van der Waals surface area contributed by atoms with Gasteiger partial charge in [0.05, 0.1) is 6.04 Å². The SMILES string of the molecule is CC(C)CC(F)(F)C(C)N. The van der Waals surface area contributed by atoms with Crippen LogP contribution < -0.4 is 5.73 Å². The van der Waals surface area contributed by atoms with Gasteiger partial charge in [-0.3, -0.25) is 0 Å². The van der Waals surface area contributed by atoms with E-state index in [9.17, 15) is 8.78 Å². The zero-order chi connectivity index (χ0) is 8.36. The largest absolute Gasteiger partial charge is 0.323 e. The van der Waals surface area contributed by atoms with Crippen LogP contribution in [0.4, 0.5) is 8.78 Å². The molecule has 3 heteroatoms. The molecule has 0 saturated heterocycles. The van der Waals surface area contributed by atoms with Crippen molar-refractivity contribution in [3.8, 4) is 0 Å². The van der Waals surface area contributed by atoms with Gasteiger partial charge in [-0.15, -0.1) is 0 Å². The lowest BCUT2D eigenvalue weighted by Crippen LogP contribution is -2.39. The molecule has 0 aliphatic heterocycles. The summed E-state index contributed by atoms with van der Waals surface area (Å²) in [4.78, 5) is 0. The predicted molar refractivity (Wildman–Crippen MR) is 38.1 cm³/mol. The zero-order valence-electron chi connectivity index (χ0n) is 6.70. The summed E-state index contributed by atoms with van der Waals surface area (Å²) in [5, 5.41) is 0. The molecule has 0 saturated carbocycles. The van der Waals surface area contributed by atoms with Gasteiger partial charge in [0.25, 0.3) is 5.92 Å². The molecule has 0 radical (unpaired) electrons. The van der Waals surface area contributed by atoms with Crippen LogP contribution in [-0.2, 0) is 0 Å². The van der Waals surface area contributed by atoms with Crippen molar-refractivity contribution in [2.24, 2.45) is 11.7 Å². The van der Waals surface area contributed by atoms with Gasteiger partial charge >= 0.3 is 0 Å². The quantitative estimate of drug-likeness (QED) is 0.656. The fourth-order valence-corrected chi connectivity index (χ4v) is 0.730. The van der Waals surface area contributed by atoms with E-state index in [2.05, 4.69) is 0 Å². The second kappa shape index (κ2) is 3.28. The Kier molecular flexibility index (Phi) is 3.22. The van der Waals surface area contributed by atoms with Crippen LogP contribution in [0.15, 0.2) is 0 Å². The van der Waals surface area contributed by atoms with Crippen molar-refractivity contribution in [1.82, 2.24) is 0 Å². The van der Waals surface area contributed by atoms with Crippen molar-refractivity contribution in [2.45, 2.75) is 39.2 Å². The Morgan fingerprint density at radius 2 is 1.70 bits per heavy atom. The molecule has 0 aromatic carbocycles. The third kappa shape index (κ3) is 3.11. The molecule has 0 aromatic rings. The van der Waals surface area contributed by atoms with E-state index in [4.69, 9.17) is 5.73 Å². The minimum atomic E-state index is -2.70. The first-order valence-electron chi connectivity index (χ1n) is 3.49. The average Bonchev–Trinajstić information content (AvgIpc) is 1.60. The predicted octanol–water partition coefficient (Wildman–Crippen LogP) is 2.02. The number of halogens is 2. The molecule has 2 N–H and O–H groups in total. The van der Waals surface area contributed by atoms with E-state index < -0.39 is 12.0 Å². The highest BCUT2D eigenvalue weighted by atomic mass is 19.3. The topological polar surface area (TPSA) is 26.0 Å². The van der Waals surface area contributed by atoms with E-state index in [1.165, 1.54) is 6.92 Å². The highest BCUT2D eigenvalue weighted by Crippen LogP contribution is 2.25. The summed E-state index contributed by atoms with van der Waals surface area (Å²) >= 11 is 0. The standard InChI is InChI=1S/C7H15F2N/c1-5(2)4-7(8,9)6(3)10/h5-6H,4,10H2,1-3H3. The Bertz CT molecular complexity index is 99.8. The first-order valence-corrected chi connectivity index (χ1v) is 3.49. The molecule has 1 atom stereocenters. The molecule has 0 aliphatic carbocycles. The van der Waals surface area contributed by atoms with Gasteiger partial charge in [-0.2, -0.15) is 0 Å². The Morgan fingerprint density at radius 1 is 1.30 bits per heavy atom. The lowest BCUT2D eigenvalue weighted by Gasteiger charge is -2.21. The number of nitrogens with two attached hydrogens (primary N) is 1. The van der Waals surface area contributed by atoms with Crippen molar-refractivity contribution < 1.29 is 8.78 Å². The monoisotopic (exact) mass is 151 g/mol. The molecular weight excluding hydrogens is 136 g/mol. The third-order valence-corrected chi connectivity index (χ3v) is 1.35. The average molecular weight is 151 g/mol. The van der Waals surface area contributed by atoms with Crippen molar-refractivity contribution in [2.75, 3.05) is 0 Å². The summed E-state index contributed by atoms with van der Waals surface area (Å²) in [6, 6.07) is -1.03. The summed E-state index contributed by atoms with van der Waals surface area (Å²) in [5.74, 6) is -2.70. The second-order valence-electron chi connectivity index (χ2n) is 3.15. The van der Waals surface area contributed by atoms with Crippen LogP contribution in [0.1, 0.15) is 27.2 Å². The second-order valence-corrected chi connectivity index (χ2v) is 3.15. The molecule has 0 spiro atoms. The normalized spacial score (nSPS) is 15.9. The molecule has 0 rings (SSSR count). The highest BCUT2D eigenvalue weighted by molar-refractivity contribution is 4.76. The van der Waals surface area contributed by atoms with E-state index in [0.29, 0.717) is 0 Å². The van der Waals surface area contributed by atoms with Gasteiger partial charge in [0.15, 0.2) is 0 Å². The molecule has 0 heterocycles. The highest BCUT2D eigenvalue weighted by Gasteiger charge is 2.34. The molecular formula is C7H15F2N. The van der Waals surface area contributed by atoms with Crippen LogP contribution in [0.25, 0.3) is 0 Å². The maximum absolute atomic E-state index is 12.7. The van der Waals surface area contributed by atoms with E-state index in [0.717, 1.165) is 0 Å².